The first-order valence-corrected chi connectivity index (χ1v) is 26.8. The maximum atomic E-state index is 15.3. The number of hydrogen-bond donors (Lipinski definition) is 0. The lowest BCUT2D eigenvalue weighted by Crippen LogP contribution is -2.12. The van der Waals surface area contributed by atoms with Gasteiger partial charge in [-0.2, -0.15) is 52.7 Å². The monoisotopic (exact) mass is 1130 g/mol. The minimum absolute atomic E-state index is 0.0755. The number of fused-ring (bicyclic) bond motifs is 6. The van der Waals surface area contributed by atoms with Crippen molar-refractivity contribution >= 4 is 43.6 Å². The Balaban J connectivity index is 1.15. The first-order chi connectivity index (χ1) is 41.7. The van der Waals surface area contributed by atoms with Gasteiger partial charge in [0.2, 0.25) is 0 Å². The molecule has 0 bridgehead atoms. The van der Waals surface area contributed by atoms with Crippen LogP contribution < -0.4 is 0 Å². The molecule has 13 rings (SSSR count). The third kappa shape index (κ3) is 9.00. The molecule has 0 atom stereocenters. The van der Waals surface area contributed by atoms with Crippen LogP contribution in [0.5, 0.6) is 0 Å². The fourth-order valence-electron chi connectivity index (χ4n) is 11.9. The number of nitriles is 5. The Kier molecular flexibility index (Phi) is 12.9. The van der Waals surface area contributed by atoms with E-state index in [4.69, 9.17) is 0 Å². The maximum absolute atomic E-state index is 15.3. The van der Waals surface area contributed by atoms with Gasteiger partial charge >= 0.3 is 12.4 Å². The fourth-order valence-corrected chi connectivity index (χ4v) is 11.9. The number of alkyl halides is 6. The van der Waals surface area contributed by atoms with E-state index in [-0.39, 0.29) is 22.8 Å². The molecule has 0 saturated heterocycles. The van der Waals surface area contributed by atoms with Crippen molar-refractivity contribution in [1.29, 1.82) is 26.3 Å². The molecular formula is C73H37F6N7. The topological polar surface area (TPSA) is 129 Å². The molecule has 0 unspecified atom stereocenters. The molecule has 13 aromatic rings. The number of hydrogen-bond acceptors (Lipinski definition) is 5. The molecule has 2 aromatic heterocycles. The van der Waals surface area contributed by atoms with Crippen molar-refractivity contribution in [2.45, 2.75) is 12.4 Å². The van der Waals surface area contributed by atoms with Gasteiger partial charge in [0, 0.05) is 32.7 Å². The molecule has 0 aliphatic carbocycles. The lowest BCUT2D eigenvalue weighted by molar-refractivity contribution is -0.142. The van der Waals surface area contributed by atoms with Gasteiger partial charge in [0.15, 0.2) is 0 Å². The zero-order valence-electron chi connectivity index (χ0n) is 44.8. The van der Waals surface area contributed by atoms with Crippen LogP contribution in [0, 0.1) is 56.7 Å². The van der Waals surface area contributed by atoms with Crippen LogP contribution in [0.2, 0.25) is 0 Å². The summed E-state index contributed by atoms with van der Waals surface area (Å²) in [6, 6.07) is 74.4. The van der Waals surface area contributed by atoms with E-state index in [0.717, 1.165) is 28.0 Å². The van der Waals surface area contributed by atoms with Gasteiger partial charge < -0.3 is 9.13 Å². The van der Waals surface area contributed by atoms with Crippen LogP contribution in [-0.2, 0) is 12.4 Å². The predicted molar refractivity (Wildman–Crippen MR) is 321 cm³/mol. The highest BCUT2D eigenvalue weighted by Crippen LogP contribution is 2.48. The third-order valence-electron chi connectivity index (χ3n) is 15.8. The molecule has 406 valence electrons. The number of nitrogens with zero attached hydrogens (tertiary/aromatic N) is 7. The summed E-state index contributed by atoms with van der Waals surface area (Å²) in [5, 5.41) is 54.6. The average Bonchev–Trinajstić information content (AvgIpc) is 1.63. The van der Waals surface area contributed by atoms with Crippen LogP contribution in [0.1, 0.15) is 38.9 Å². The summed E-state index contributed by atoms with van der Waals surface area (Å²) < 4.78 is 92.7. The Morgan fingerprint density at radius 2 is 0.616 bits per heavy atom. The molecule has 11 aromatic carbocycles. The summed E-state index contributed by atoms with van der Waals surface area (Å²) >= 11 is 0. The van der Waals surface area contributed by atoms with E-state index >= 15 is 13.2 Å². The van der Waals surface area contributed by atoms with E-state index < -0.39 is 29.0 Å². The second-order valence-electron chi connectivity index (χ2n) is 20.6. The van der Waals surface area contributed by atoms with E-state index in [1.807, 2.05) is 130 Å². The van der Waals surface area contributed by atoms with Crippen molar-refractivity contribution in [1.82, 2.24) is 9.13 Å². The van der Waals surface area contributed by atoms with Crippen LogP contribution in [0.3, 0.4) is 0 Å². The van der Waals surface area contributed by atoms with Gasteiger partial charge in [0.1, 0.15) is 0 Å². The Morgan fingerprint density at radius 1 is 0.279 bits per heavy atom. The van der Waals surface area contributed by atoms with Crippen LogP contribution in [0.25, 0.3) is 122 Å². The number of rotatable bonds is 8. The Hall–Kier alpha value is -12.0. The van der Waals surface area contributed by atoms with Crippen LogP contribution in [0.15, 0.2) is 224 Å². The summed E-state index contributed by atoms with van der Waals surface area (Å²) in [6.07, 6.45) is -10.3. The zero-order valence-corrected chi connectivity index (χ0v) is 44.8. The molecule has 0 fully saturated rings. The second kappa shape index (κ2) is 20.8. The summed E-state index contributed by atoms with van der Waals surface area (Å²) in [4.78, 5) is 0. The van der Waals surface area contributed by atoms with E-state index in [1.165, 1.54) is 12.1 Å². The summed E-state index contributed by atoms with van der Waals surface area (Å²) in [5.41, 5.74) is 7.99. The molecule has 2 heterocycles. The molecule has 0 radical (unpaired) electrons. The number of halogens is 6. The fraction of sp³-hybridized carbons (Fsp3) is 0.0274. The summed E-state index contributed by atoms with van der Waals surface area (Å²) in [5.74, 6) is 0. The van der Waals surface area contributed by atoms with Crippen molar-refractivity contribution in [2.24, 2.45) is 0 Å². The lowest BCUT2D eigenvalue weighted by Gasteiger charge is -2.21. The van der Waals surface area contributed by atoms with Crippen molar-refractivity contribution in [3.8, 4) is 108 Å². The van der Waals surface area contributed by atoms with Gasteiger partial charge in [-0.25, -0.2) is 0 Å². The van der Waals surface area contributed by atoms with E-state index in [9.17, 15) is 39.5 Å². The molecular weight excluding hydrogens is 1090 g/mol. The molecule has 86 heavy (non-hydrogen) atoms. The molecule has 13 heteroatoms. The zero-order chi connectivity index (χ0) is 59.6. The second-order valence-corrected chi connectivity index (χ2v) is 20.6. The van der Waals surface area contributed by atoms with Crippen molar-refractivity contribution in [3.05, 3.63) is 263 Å². The lowest BCUT2D eigenvalue weighted by atomic mass is 9.91. The SMILES string of the molecule is N#Cc1ccc(-n2c3ccc(-c4ccccc4C#N)cc3c3cc(-c4ccccc4C#N)ccc32)c(-c2cc(-c3ccc(C(F)(F)F)cc3C(F)(F)F)ccc2-n2c3ccc(-c4ccccc4C#N)cc3c3cc(-c4ccccc4C#N)ccc32)c1. The normalized spacial score (nSPS) is 11.5. The molecule has 0 aliphatic heterocycles. The van der Waals surface area contributed by atoms with Gasteiger partial charge in [0.05, 0.1) is 103 Å². The molecule has 0 N–H and O–H groups in total. The highest BCUT2D eigenvalue weighted by molar-refractivity contribution is 6.14. The minimum atomic E-state index is -5.24. The highest BCUT2D eigenvalue weighted by Gasteiger charge is 2.39. The summed E-state index contributed by atoms with van der Waals surface area (Å²) in [6.45, 7) is 0. The van der Waals surface area contributed by atoms with Crippen molar-refractivity contribution in [2.75, 3.05) is 0 Å². The van der Waals surface area contributed by atoms with Gasteiger partial charge in [-0.1, -0.05) is 109 Å². The van der Waals surface area contributed by atoms with Crippen molar-refractivity contribution < 1.29 is 26.3 Å². The van der Waals surface area contributed by atoms with Crippen LogP contribution >= 0.6 is 0 Å². The standard InChI is InChI=1S/C73H37F6N7/c74-72(75,76)53-23-24-58(65(37-53)73(77,78)79)48-22-30-67(86-70-28-20-46(56-15-7-3-11-51(56)41-83)34-63(70)64-35-47(21-29-71(64)86)57-16-8-4-12-52(57)42-84)60(36-48)59-31-43(38-80)17-25-66(59)85-68-26-18-44(54-13-5-1-9-49(54)39-81)32-61(68)62-33-45(19-27-69(62)85)55-14-6-2-10-50(55)40-82/h1-37H. The van der Waals surface area contributed by atoms with Gasteiger partial charge in [-0.3, -0.25) is 0 Å². The Labute approximate surface area is 487 Å². The van der Waals surface area contributed by atoms with Gasteiger partial charge in [-0.05, 0) is 171 Å². The molecule has 0 aliphatic rings. The maximum Gasteiger partial charge on any atom is 0.417 e. The van der Waals surface area contributed by atoms with E-state index in [2.05, 4.69) is 30.3 Å². The first-order valence-electron chi connectivity index (χ1n) is 26.8. The number of aromatic nitrogens is 2. The highest BCUT2D eigenvalue weighted by atomic mass is 19.4. The summed E-state index contributed by atoms with van der Waals surface area (Å²) in [7, 11) is 0. The van der Waals surface area contributed by atoms with Crippen molar-refractivity contribution in [3.63, 3.8) is 0 Å². The quantitative estimate of drug-likeness (QED) is 0.140. The third-order valence-corrected chi connectivity index (χ3v) is 15.8. The molecule has 0 spiro atoms. The Morgan fingerprint density at radius 3 is 0.965 bits per heavy atom. The largest absolute Gasteiger partial charge is 0.417 e. The van der Waals surface area contributed by atoms with Crippen LogP contribution in [0.4, 0.5) is 26.3 Å². The van der Waals surface area contributed by atoms with Crippen LogP contribution in [-0.4, -0.2) is 9.13 Å². The average molecular weight is 1130 g/mol. The first kappa shape index (κ1) is 53.4. The number of benzene rings is 11. The minimum Gasteiger partial charge on any atom is -0.309 e. The van der Waals surface area contributed by atoms with Gasteiger partial charge in [-0.15, -0.1) is 0 Å². The molecule has 0 saturated carbocycles. The Bertz CT molecular complexity index is 5010. The molecule has 7 nitrogen and oxygen atoms in total. The van der Waals surface area contributed by atoms with E-state index in [0.29, 0.717) is 111 Å². The van der Waals surface area contributed by atoms with E-state index in [1.54, 1.807) is 72.8 Å². The molecule has 0 amide bonds. The smallest absolute Gasteiger partial charge is 0.309 e. The van der Waals surface area contributed by atoms with Gasteiger partial charge in [0.25, 0.3) is 0 Å². The predicted octanol–water partition coefficient (Wildman–Crippen LogP) is 19.3.